The smallest absolute Gasteiger partial charge is 0.253 e. The highest BCUT2D eigenvalue weighted by molar-refractivity contribution is 5.94. The van der Waals surface area contributed by atoms with Gasteiger partial charge in [0.2, 0.25) is 0 Å². The molecular weight excluding hydrogens is 418 g/mol. The summed E-state index contributed by atoms with van der Waals surface area (Å²) in [5.74, 6) is 1.48. The number of nitrogens with zero attached hydrogens (tertiary/aromatic N) is 5. The van der Waals surface area contributed by atoms with E-state index in [0.717, 1.165) is 49.9 Å². The van der Waals surface area contributed by atoms with Crippen LogP contribution in [0.5, 0.6) is 5.75 Å². The number of aryl methyl sites for hydroxylation is 1. The van der Waals surface area contributed by atoms with Crippen LogP contribution < -0.4 is 9.64 Å². The molecule has 0 aliphatic carbocycles. The van der Waals surface area contributed by atoms with Gasteiger partial charge >= 0.3 is 0 Å². The van der Waals surface area contributed by atoms with E-state index in [1.165, 1.54) is 12.8 Å². The van der Waals surface area contributed by atoms with E-state index in [1.54, 1.807) is 30.4 Å². The average molecular weight is 454 g/mol. The lowest BCUT2D eigenvalue weighted by Crippen LogP contribution is -2.54. The number of hydrogen-bond donors (Lipinski definition) is 1. The molecule has 2 aliphatic heterocycles. The first-order valence-corrected chi connectivity index (χ1v) is 11.9. The molecule has 2 aromatic rings. The first kappa shape index (κ1) is 23.4. The molecule has 1 atom stereocenters. The van der Waals surface area contributed by atoms with Crippen LogP contribution in [-0.2, 0) is 0 Å². The molecule has 0 bridgehead atoms. The van der Waals surface area contributed by atoms with Crippen molar-refractivity contribution in [3.63, 3.8) is 0 Å². The summed E-state index contributed by atoms with van der Waals surface area (Å²) in [4.78, 5) is 27.6. The van der Waals surface area contributed by atoms with Gasteiger partial charge in [-0.2, -0.15) is 0 Å². The van der Waals surface area contributed by atoms with Crippen LogP contribution in [0.1, 0.15) is 41.7 Å². The van der Waals surface area contributed by atoms with E-state index in [4.69, 9.17) is 4.74 Å². The van der Waals surface area contributed by atoms with Crippen LogP contribution in [0, 0.1) is 6.92 Å². The predicted molar refractivity (Wildman–Crippen MR) is 128 cm³/mol. The van der Waals surface area contributed by atoms with Gasteiger partial charge in [0.05, 0.1) is 12.1 Å². The number of hydrogen-bond acceptors (Lipinski definition) is 7. The van der Waals surface area contributed by atoms with Gasteiger partial charge in [0.1, 0.15) is 24.5 Å². The van der Waals surface area contributed by atoms with E-state index in [-0.39, 0.29) is 12.5 Å². The summed E-state index contributed by atoms with van der Waals surface area (Å²) < 4.78 is 5.84. The molecule has 1 aromatic heterocycles. The largest absolute Gasteiger partial charge is 0.492 e. The molecule has 33 heavy (non-hydrogen) atoms. The number of piperidine rings is 1. The molecule has 8 nitrogen and oxygen atoms in total. The summed E-state index contributed by atoms with van der Waals surface area (Å²) >= 11 is 0. The van der Waals surface area contributed by atoms with Crippen molar-refractivity contribution in [3.05, 3.63) is 47.9 Å². The first-order valence-electron chi connectivity index (χ1n) is 11.9. The molecule has 8 heteroatoms. The van der Waals surface area contributed by atoms with E-state index in [9.17, 15) is 9.90 Å². The van der Waals surface area contributed by atoms with Crippen molar-refractivity contribution < 1.29 is 14.6 Å². The molecule has 1 unspecified atom stereocenters. The number of β-amino-alcohol motifs (C(OH)–C–C–N with tert-alkyl or cyclic N) is 1. The quantitative estimate of drug-likeness (QED) is 0.657. The van der Waals surface area contributed by atoms with Crippen molar-refractivity contribution in [2.24, 2.45) is 0 Å². The number of likely N-dealkylation sites (tertiary alicyclic amines) is 1. The fourth-order valence-electron chi connectivity index (χ4n) is 4.78. The Kier molecular flexibility index (Phi) is 7.45. The lowest BCUT2D eigenvalue weighted by molar-refractivity contribution is -0.000142. The third-order valence-electron chi connectivity index (χ3n) is 6.52. The van der Waals surface area contributed by atoms with E-state index in [2.05, 4.69) is 19.8 Å². The molecule has 1 aromatic carbocycles. The molecule has 0 saturated carbocycles. The minimum Gasteiger partial charge on any atom is -0.492 e. The van der Waals surface area contributed by atoms with Crippen LogP contribution in [0.15, 0.2) is 36.7 Å². The molecule has 1 amide bonds. The Morgan fingerprint density at radius 2 is 1.91 bits per heavy atom. The summed E-state index contributed by atoms with van der Waals surface area (Å²) in [6.07, 6.45) is 5.59. The zero-order chi connectivity index (χ0) is 23.3. The zero-order valence-corrected chi connectivity index (χ0v) is 19.7. The maximum Gasteiger partial charge on any atom is 0.253 e. The van der Waals surface area contributed by atoms with E-state index in [0.29, 0.717) is 25.1 Å². The highest BCUT2D eigenvalue weighted by Gasteiger charge is 2.36. The maximum absolute atomic E-state index is 13.0. The van der Waals surface area contributed by atoms with Crippen LogP contribution in [0.2, 0.25) is 0 Å². The molecular formula is C25H35N5O3. The molecule has 4 rings (SSSR count). The summed E-state index contributed by atoms with van der Waals surface area (Å²) in [6, 6.07) is 9.21. The van der Waals surface area contributed by atoms with Gasteiger partial charge in [0, 0.05) is 44.0 Å². The van der Waals surface area contributed by atoms with Gasteiger partial charge in [-0.25, -0.2) is 9.97 Å². The standard InChI is InChI=1S/C25H35N5O3/c1-20-16-23(27-19-26-20)30-13-5-10-25(32,18-30)17-28(2)24(31)21-6-8-22(9-7-21)33-15-14-29-11-3-4-12-29/h6-9,16,19,32H,3-5,10-15,17-18H2,1-2H3. The molecule has 2 aliphatic rings. The number of carbonyl (C=O) groups excluding carboxylic acids is 1. The van der Waals surface area contributed by atoms with Gasteiger partial charge in [-0.15, -0.1) is 0 Å². The van der Waals surface area contributed by atoms with Crippen LogP contribution in [-0.4, -0.2) is 89.3 Å². The summed E-state index contributed by atoms with van der Waals surface area (Å²) in [7, 11) is 1.74. The highest BCUT2D eigenvalue weighted by Crippen LogP contribution is 2.26. The maximum atomic E-state index is 13.0. The fraction of sp³-hybridized carbons (Fsp3) is 0.560. The van der Waals surface area contributed by atoms with Crippen LogP contribution >= 0.6 is 0 Å². The number of amides is 1. The second-order valence-corrected chi connectivity index (χ2v) is 9.35. The van der Waals surface area contributed by atoms with Gasteiger partial charge in [-0.3, -0.25) is 9.69 Å². The van der Waals surface area contributed by atoms with E-state index in [1.807, 2.05) is 25.1 Å². The number of ether oxygens (including phenoxy) is 1. The van der Waals surface area contributed by atoms with E-state index >= 15 is 0 Å². The molecule has 2 fully saturated rings. The molecule has 2 saturated heterocycles. The van der Waals surface area contributed by atoms with Crippen molar-refractivity contribution in [1.82, 2.24) is 19.8 Å². The van der Waals surface area contributed by atoms with Gasteiger partial charge < -0.3 is 19.6 Å². The van der Waals surface area contributed by atoms with Crippen LogP contribution in [0.25, 0.3) is 0 Å². The first-order chi connectivity index (χ1) is 15.9. The summed E-state index contributed by atoms with van der Waals surface area (Å²) in [5, 5.41) is 11.3. The van der Waals surface area contributed by atoms with Gasteiger partial charge in [0.15, 0.2) is 0 Å². The third kappa shape index (κ3) is 6.21. The summed E-state index contributed by atoms with van der Waals surface area (Å²) in [6.45, 7) is 7.37. The van der Waals surface area contributed by atoms with Crippen molar-refractivity contribution in [2.75, 3.05) is 57.8 Å². The Balaban J connectivity index is 1.30. The molecule has 1 N–H and O–H groups in total. The van der Waals surface area contributed by atoms with E-state index < -0.39 is 5.60 Å². The average Bonchev–Trinajstić information content (AvgIpc) is 3.32. The Hall–Kier alpha value is -2.71. The van der Waals surface area contributed by atoms with Crippen molar-refractivity contribution in [1.29, 1.82) is 0 Å². The lowest BCUT2D eigenvalue weighted by Gasteiger charge is -2.41. The minimum atomic E-state index is -0.986. The normalized spacial score (nSPS) is 21.2. The number of anilines is 1. The van der Waals surface area contributed by atoms with Gasteiger partial charge in [0.25, 0.3) is 5.91 Å². The Bertz CT molecular complexity index is 932. The highest BCUT2D eigenvalue weighted by atomic mass is 16.5. The van der Waals surface area contributed by atoms with Crippen molar-refractivity contribution in [3.8, 4) is 5.75 Å². The minimum absolute atomic E-state index is 0.109. The fourth-order valence-corrected chi connectivity index (χ4v) is 4.78. The molecule has 178 valence electrons. The third-order valence-corrected chi connectivity index (χ3v) is 6.52. The Morgan fingerprint density at radius 3 is 2.64 bits per heavy atom. The monoisotopic (exact) mass is 453 g/mol. The molecule has 0 spiro atoms. The van der Waals surface area contributed by atoms with Crippen molar-refractivity contribution >= 4 is 11.7 Å². The number of rotatable bonds is 8. The second-order valence-electron chi connectivity index (χ2n) is 9.35. The van der Waals surface area contributed by atoms with Gasteiger partial charge in [-0.05, 0) is 70.0 Å². The second kappa shape index (κ2) is 10.5. The van der Waals surface area contributed by atoms with Crippen LogP contribution in [0.4, 0.5) is 5.82 Å². The number of carbonyl (C=O) groups is 1. The topological polar surface area (TPSA) is 82.0 Å². The molecule has 3 heterocycles. The zero-order valence-electron chi connectivity index (χ0n) is 19.7. The Morgan fingerprint density at radius 1 is 1.15 bits per heavy atom. The van der Waals surface area contributed by atoms with Crippen molar-refractivity contribution in [2.45, 2.75) is 38.2 Å². The lowest BCUT2D eigenvalue weighted by atomic mass is 9.92. The predicted octanol–water partition coefficient (Wildman–Crippen LogP) is 2.36. The summed E-state index contributed by atoms with van der Waals surface area (Å²) in [5.41, 5.74) is 0.497. The number of likely N-dealkylation sites (N-methyl/N-ethyl adjacent to an activating group) is 1. The number of aliphatic hydroxyl groups is 1. The number of benzene rings is 1. The van der Waals surface area contributed by atoms with Crippen LogP contribution in [0.3, 0.4) is 0 Å². The Labute approximate surface area is 196 Å². The molecule has 0 radical (unpaired) electrons. The SMILES string of the molecule is Cc1cc(N2CCCC(O)(CN(C)C(=O)c3ccc(OCCN4CCCC4)cc3)C2)ncn1. The number of aromatic nitrogens is 2. The van der Waals surface area contributed by atoms with Gasteiger partial charge in [-0.1, -0.05) is 0 Å².